The Morgan fingerprint density at radius 3 is 2.44 bits per heavy atom. The highest BCUT2D eigenvalue weighted by atomic mass is 35.5. The molecule has 0 aliphatic carbocycles. The minimum absolute atomic E-state index is 0.166. The molecule has 5 rings (SSSR count). The average molecular weight is 528 g/mol. The molecule has 0 unspecified atom stereocenters. The van der Waals surface area contributed by atoms with Crippen LogP contribution in [0.4, 0.5) is 5.69 Å². The van der Waals surface area contributed by atoms with Crippen LogP contribution in [-0.4, -0.2) is 79.4 Å². The van der Waals surface area contributed by atoms with Gasteiger partial charge in [0.25, 0.3) is 5.91 Å². The summed E-state index contributed by atoms with van der Waals surface area (Å²) in [5, 5.41) is 5.99. The molecular weight excluding hydrogens is 498 g/mol. The molecule has 1 amide bonds. The van der Waals surface area contributed by atoms with Crippen LogP contribution in [0, 0.1) is 6.92 Å². The first kappa shape index (κ1) is 25.0. The van der Waals surface area contributed by atoms with E-state index in [1.807, 2.05) is 30.5 Å². The number of anilines is 1. The van der Waals surface area contributed by atoms with Crippen LogP contribution in [0.1, 0.15) is 18.4 Å². The van der Waals surface area contributed by atoms with E-state index in [2.05, 4.69) is 16.8 Å². The van der Waals surface area contributed by atoms with Gasteiger partial charge in [0.2, 0.25) is 10.0 Å². The number of aromatic nitrogens is 1. The Morgan fingerprint density at radius 1 is 1.00 bits per heavy atom. The van der Waals surface area contributed by atoms with E-state index in [1.165, 1.54) is 9.99 Å². The second-order valence-corrected chi connectivity index (χ2v) is 11.8. The third-order valence-electron chi connectivity index (χ3n) is 7.28. The van der Waals surface area contributed by atoms with Gasteiger partial charge in [-0.2, -0.15) is 4.31 Å². The standard InChI is InChI=1S/C26H30ClN5O3S/c1-19-17-28-10-7-25(19)30-11-8-23(9-12-30)29(2)32-14-13-31(18-26(32)33)36(34,35)24-6-4-20-15-22(27)5-3-21(20)16-24/h3-7,10,15-17,23H,8-9,11-14,18H2,1-2H3. The molecule has 0 N–H and O–H groups in total. The van der Waals surface area contributed by atoms with Crippen molar-refractivity contribution in [2.45, 2.75) is 30.7 Å². The molecule has 0 atom stereocenters. The number of piperazine rings is 1. The highest BCUT2D eigenvalue weighted by molar-refractivity contribution is 7.89. The second-order valence-electron chi connectivity index (χ2n) is 9.46. The summed E-state index contributed by atoms with van der Waals surface area (Å²) in [5.74, 6) is -0.202. The monoisotopic (exact) mass is 527 g/mol. The molecule has 36 heavy (non-hydrogen) atoms. The van der Waals surface area contributed by atoms with Gasteiger partial charge in [-0.25, -0.2) is 13.4 Å². The van der Waals surface area contributed by atoms with Gasteiger partial charge in [0.15, 0.2) is 0 Å². The van der Waals surface area contributed by atoms with Gasteiger partial charge in [-0.1, -0.05) is 23.7 Å². The second kappa shape index (κ2) is 9.97. The molecule has 2 fully saturated rings. The van der Waals surface area contributed by atoms with Crippen LogP contribution in [0.3, 0.4) is 0 Å². The largest absolute Gasteiger partial charge is 0.371 e. The molecular formula is C26H30ClN5O3S. The summed E-state index contributed by atoms with van der Waals surface area (Å²) >= 11 is 6.05. The fourth-order valence-corrected chi connectivity index (χ4v) is 6.78. The normalized spacial score (nSPS) is 18.4. The zero-order chi connectivity index (χ0) is 25.4. The maximum Gasteiger partial charge on any atom is 0.252 e. The van der Waals surface area contributed by atoms with Crippen LogP contribution >= 0.6 is 11.6 Å². The van der Waals surface area contributed by atoms with Crippen molar-refractivity contribution in [2.75, 3.05) is 44.7 Å². The fraction of sp³-hybridized carbons (Fsp3) is 0.385. The number of hydrazine groups is 1. The van der Waals surface area contributed by atoms with Gasteiger partial charge in [-0.15, -0.1) is 0 Å². The summed E-state index contributed by atoms with van der Waals surface area (Å²) in [6, 6.07) is 12.6. The van der Waals surface area contributed by atoms with E-state index in [9.17, 15) is 13.2 Å². The predicted molar refractivity (Wildman–Crippen MR) is 141 cm³/mol. The smallest absolute Gasteiger partial charge is 0.252 e. The van der Waals surface area contributed by atoms with Crippen molar-refractivity contribution in [1.29, 1.82) is 0 Å². The van der Waals surface area contributed by atoms with Crippen molar-refractivity contribution < 1.29 is 13.2 Å². The number of sulfonamides is 1. The number of carbonyl (C=O) groups excluding carboxylic acids is 1. The number of rotatable bonds is 5. The summed E-state index contributed by atoms with van der Waals surface area (Å²) in [6.07, 6.45) is 5.55. The zero-order valence-corrected chi connectivity index (χ0v) is 22.0. The molecule has 2 aliphatic heterocycles. The van der Waals surface area contributed by atoms with Gasteiger partial charge in [-0.05, 0) is 66.4 Å². The molecule has 1 aromatic heterocycles. The van der Waals surface area contributed by atoms with E-state index in [-0.39, 0.29) is 29.9 Å². The lowest BCUT2D eigenvalue weighted by Gasteiger charge is -2.45. The van der Waals surface area contributed by atoms with Crippen LogP contribution < -0.4 is 4.90 Å². The molecule has 0 bridgehead atoms. The summed E-state index contributed by atoms with van der Waals surface area (Å²) in [5.41, 5.74) is 2.37. The molecule has 3 aromatic rings. The van der Waals surface area contributed by atoms with Crippen LogP contribution in [-0.2, 0) is 14.8 Å². The number of benzene rings is 2. The Hall–Kier alpha value is -2.72. The van der Waals surface area contributed by atoms with Crippen molar-refractivity contribution in [1.82, 2.24) is 19.3 Å². The predicted octanol–water partition coefficient (Wildman–Crippen LogP) is 3.55. The third kappa shape index (κ3) is 4.80. The van der Waals surface area contributed by atoms with Gasteiger partial charge in [0.1, 0.15) is 0 Å². The summed E-state index contributed by atoms with van der Waals surface area (Å²) < 4.78 is 27.9. The van der Waals surface area contributed by atoms with E-state index in [0.29, 0.717) is 11.6 Å². The number of fused-ring (bicyclic) bond motifs is 1. The van der Waals surface area contributed by atoms with Crippen LogP contribution in [0.2, 0.25) is 5.02 Å². The van der Waals surface area contributed by atoms with Gasteiger partial charge < -0.3 is 4.90 Å². The average Bonchev–Trinajstić information content (AvgIpc) is 2.88. The molecule has 2 aromatic carbocycles. The number of hydrogen-bond donors (Lipinski definition) is 0. The minimum atomic E-state index is -3.79. The molecule has 0 spiro atoms. The lowest BCUT2D eigenvalue weighted by Crippen LogP contribution is -2.60. The lowest BCUT2D eigenvalue weighted by molar-refractivity contribution is -0.156. The van der Waals surface area contributed by atoms with Crippen molar-refractivity contribution in [2.24, 2.45) is 0 Å². The summed E-state index contributed by atoms with van der Waals surface area (Å²) in [6.45, 7) is 4.29. The van der Waals surface area contributed by atoms with Crippen molar-refractivity contribution in [3.63, 3.8) is 0 Å². The first-order valence-electron chi connectivity index (χ1n) is 12.1. The van der Waals surface area contributed by atoms with E-state index >= 15 is 0 Å². The Bertz CT molecular complexity index is 1390. The highest BCUT2D eigenvalue weighted by Gasteiger charge is 2.36. The Kier molecular flexibility index (Phi) is 6.91. The number of pyridine rings is 1. The zero-order valence-electron chi connectivity index (χ0n) is 20.5. The Labute approximate surface area is 217 Å². The lowest BCUT2D eigenvalue weighted by atomic mass is 10.0. The van der Waals surface area contributed by atoms with Crippen molar-refractivity contribution in [3.05, 3.63) is 65.4 Å². The van der Waals surface area contributed by atoms with Gasteiger partial charge in [0, 0.05) is 55.8 Å². The molecule has 8 nitrogen and oxygen atoms in total. The number of piperidine rings is 1. The molecule has 0 saturated carbocycles. The molecule has 0 radical (unpaired) electrons. The maximum absolute atomic E-state index is 13.3. The van der Waals surface area contributed by atoms with Crippen molar-refractivity contribution >= 4 is 44.0 Å². The van der Waals surface area contributed by atoms with E-state index in [4.69, 9.17) is 11.6 Å². The number of aryl methyl sites for hydroxylation is 1. The van der Waals surface area contributed by atoms with Gasteiger partial charge in [-0.3, -0.25) is 14.8 Å². The van der Waals surface area contributed by atoms with Crippen LogP contribution in [0.25, 0.3) is 10.8 Å². The first-order valence-corrected chi connectivity index (χ1v) is 13.9. The molecule has 10 heteroatoms. The van der Waals surface area contributed by atoms with E-state index < -0.39 is 10.0 Å². The topological polar surface area (TPSA) is 77.1 Å². The maximum atomic E-state index is 13.3. The molecule has 2 aliphatic rings. The Morgan fingerprint density at radius 2 is 1.72 bits per heavy atom. The van der Waals surface area contributed by atoms with Crippen molar-refractivity contribution in [3.8, 4) is 0 Å². The number of hydrogen-bond acceptors (Lipinski definition) is 6. The molecule has 3 heterocycles. The highest BCUT2D eigenvalue weighted by Crippen LogP contribution is 2.28. The number of carbonyl (C=O) groups is 1. The number of halogens is 1. The SMILES string of the molecule is Cc1cnccc1N1CCC(N(C)N2CCN(S(=O)(=O)c3ccc4cc(Cl)ccc4c3)CC2=O)CC1. The fourth-order valence-electron chi connectivity index (χ4n) is 5.18. The van der Waals surface area contributed by atoms with Gasteiger partial charge >= 0.3 is 0 Å². The molecule has 2 saturated heterocycles. The quantitative estimate of drug-likeness (QED) is 0.505. The van der Waals surface area contributed by atoms with E-state index in [0.717, 1.165) is 42.3 Å². The Balaban J connectivity index is 1.23. The third-order valence-corrected chi connectivity index (χ3v) is 9.35. The van der Waals surface area contributed by atoms with Crippen LogP contribution in [0.5, 0.6) is 0 Å². The number of nitrogens with zero attached hydrogens (tertiary/aromatic N) is 5. The van der Waals surface area contributed by atoms with E-state index in [1.54, 1.807) is 41.4 Å². The summed E-state index contributed by atoms with van der Waals surface area (Å²) in [4.78, 5) is 19.8. The van der Waals surface area contributed by atoms with Gasteiger partial charge in [0.05, 0.1) is 18.0 Å². The number of amides is 1. The minimum Gasteiger partial charge on any atom is -0.371 e. The first-order chi connectivity index (χ1) is 17.2. The molecule has 190 valence electrons. The van der Waals surface area contributed by atoms with Crippen LogP contribution in [0.15, 0.2) is 59.8 Å². The summed E-state index contributed by atoms with van der Waals surface area (Å²) in [7, 11) is -1.85.